The largest absolute Gasteiger partial charge is 0.372 e. The van der Waals surface area contributed by atoms with E-state index in [4.69, 9.17) is 4.74 Å². The molecular weight excluding hydrogens is 214 g/mol. The molecule has 1 aliphatic rings. The van der Waals surface area contributed by atoms with E-state index in [1.807, 2.05) is 4.90 Å². The Morgan fingerprint density at radius 1 is 1.24 bits per heavy atom. The second kappa shape index (κ2) is 5.32. The van der Waals surface area contributed by atoms with E-state index in [2.05, 4.69) is 24.3 Å². The van der Waals surface area contributed by atoms with Crippen molar-refractivity contribution in [1.29, 1.82) is 0 Å². The van der Waals surface area contributed by atoms with Gasteiger partial charge in [0.25, 0.3) is 5.91 Å². The minimum Gasteiger partial charge on any atom is -0.372 e. The van der Waals surface area contributed by atoms with Crippen molar-refractivity contribution in [1.82, 2.24) is 4.90 Å². The van der Waals surface area contributed by atoms with Crippen molar-refractivity contribution in [3.8, 4) is 0 Å². The molecular formula is C14H19NO2. The fourth-order valence-electron chi connectivity index (χ4n) is 2.25. The molecule has 0 aliphatic carbocycles. The van der Waals surface area contributed by atoms with E-state index in [0.717, 1.165) is 25.9 Å². The highest BCUT2D eigenvalue weighted by atomic mass is 16.5. The molecule has 92 valence electrons. The topological polar surface area (TPSA) is 29.5 Å². The summed E-state index contributed by atoms with van der Waals surface area (Å²) in [5.74, 6) is 0.0975. The van der Waals surface area contributed by atoms with E-state index in [1.54, 1.807) is 14.0 Å². The summed E-state index contributed by atoms with van der Waals surface area (Å²) in [4.78, 5) is 13.9. The summed E-state index contributed by atoms with van der Waals surface area (Å²) in [7, 11) is 1.58. The van der Waals surface area contributed by atoms with Gasteiger partial charge in [0.15, 0.2) is 0 Å². The Labute approximate surface area is 102 Å². The number of nitrogens with zero attached hydrogens (tertiary/aromatic N) is 1. The number of amides is 1. The molecule has 0 aromatic heterocycles. The first kappa shape index (κ1) is 12.1. The zero-order valence-corrected chi connectivity index (χ0v) is 10.5. The Morgan fingerprint density at radius 2 is 1.76 bits per heavy atom. The van der Waals surface area contributed by atoms with Crippen molar-refractivity contribution >= 4 is 5.91 Å². The molecule has 0 N–H and O–H groups in total. The quantitative estimate of drug-likeness (QED) is 0.777. The molecule has 0 saturated heterocycles. The molecule has 0 fully saturated rings. The van der Waals surface area contributed by atoms with Crippen LogP contribution in [-0.2, 0) is 22.4 Å². The summed E-state index contributed by atoms with van der Waals surface area (Å²) in [6, 6.07) is 8.44. The van der Waals surface area contributed by atoms with Crippen LogP contribution >= 0.6 is 0 Å². The van der Waals surface area contributed by atoms with Crippen molar-refractivity contribution in [2.75, 3.05) is 20.2 Å². The smallest absolute Gasteiger partial charge is 0.251 e. The van der Waals surface area contributed by atoms with Gasteiger partial charge in [0.1, 0.15) is 6.10 Å². The first-order valence-corrected chi connectivity index (χ1v) is 6.10. The van der Waals surface area contributed by atoms with Crippen molar-refractivity contribution in [3.05, 3.63) is 35.4 Å². The molecule has 2 rings (SSSR count). The van der Waals surface area contributed by atoms with Gasteiger partial charge in [0, 0.05) is 20.2 Å². The highest BCUT2D eigenvalue weighted by molar-refractivity contribution is 5.80. The van der Waals surface area contributed by atoms with Gasteiger partial charge in [-0.2, -0.15) is 0 Å². The van der Waals surface area contributed by atoms with Gasteiger partial charge in [0.05, 0.1) is 0 Å². The Hall–Kier alpha value is -1.35. The SMILES string of the molecule is COC(C)C(=O)N1CCc2ccccc2CC1. The zero-order chi connectivity index (χ0) is 12.3. The molecule has 1 atom stereocenters. The van der Waals surface area contributed by atoms with Crippen molar-refractivity contribution in [2.24, 2.45) is 0 Å². The van der Waals surface area contributed by atoms with Crippen LogP contribution in [0.2, 0.25) is 0 Å². The van der Waals surface area contributed by atoms with E-state index in [0.29, 0.717) is 0 Å². The third kappa shape index (κ3) is 2.67. The lowest BCUT2D eigenvalue weighted by molar-refractivity contribution is -0.140. The maximum Gasteiger partial charge on any atom is 0.251 e. The van der Waals surface area contributed by atoms with E-state index < -0.39 is 0 Å². The Kier molecular flexibility index (Phi) is 3.79. The molecule has 1 aliphatic heterocycles. The van der Waals surface area contributed by atoms with Gasteiger partial charge >= 0.3 is 0 Å². The van der Waals surface area contributed by atoms with Gasteiger partial charge in [-0.3, -0.25) is 4.79 Å². The number of hydrogen-bond acceptors (Lipinski definition) is 2. The summed E-state index contributed by atoms with van der Waals surface area (Å²) in [5.41, 5.74) is 2.74. The van der Waals surface area contributed by atoms with Gasteiger partial charge in [-0.05, 0) is 30.9 Å². The first-order chi connectivity index (χ1) is 8.22. The predicted octanol–water partition coefficient (Wildman–Crippen LogP) is 1.65. The lowest BCUT2D eigenvalue weighted by Crippen LogP contribution is -2.40. The fourth-order valence-corrected chi connectivity index (χ4v) is 2.25. The van der Waals surface area contributed by atoms with Gasteiger partial charge < -0.3 is 9.64 Å². The molecule has 0 saturated carbocycles. The molecule has 1 aromatic rings. The Balaban J connectivity index is 2.06. The lowest BCUT2D eigenvalue weighted by atomic mass is 10.0. The number of carbonyl (C=O) groups excluding carboxylic acids is 1. The van der Waals surface area contributed by atoms with Crippen molar-refractivity contribution in [3.63, 3.8) is 0 Å². The molecule has 1 heterocycles. The van der Waals surface area contributed by atoms with Crippen LogP contribution in [0.3, 0.4) is 0 Å². The molecule has 0 spiro atoms. The van der Waals surface area contributed by atoms with Crippen LogP contribution in [0, 0.1) is 0 Å². The van der Waals surface area contributed by atoms with Gasteiger partial charge in [0.2, 0.25) is 0 Å². The summed E-state index contributed by atoms with van der Waals surface area (Å²) in [6.45, 7) is 3.40. The zero-order valence-electron chi connectivity index (χ0n) is 10.5. The molecule has 0 bridgehead atoms. The number of carbonyl (C=O) groups is 1. The average molecular weight is 233 g/mol. The Bertz CT molecular complexity index is 376. The molecule has 3 heteroatoms. The lowest BCUT2D eigenvalue weighted by Gasteiger charge is -2.23. The Morgan fingerprint density at radius 3 is 2.24 bits per heavy atom. The maximum absolute atomic E-state index is 12.0. The van der Waals surface area contributed by atoms with Crippen molar-refractivity contribution in [2.45, 2.75) is 25.9 Å². The van der Waals surface area contributed by atoms with E-state index >= 15 is 0 Å². The van der Waals surface area contributed by atoms with Crippen molar-refractivity contribution < 1.29 is 9.53 Å². The van der Waals surface area contributed by atoms with E-state index in [-0.39, 0.29) is 12.0 Å². The molecule has 3 nitrogen and oxygen atoms in total. The highest BCUT2D eigenvalue weighted by Crippen LogP contribution is 2.16. The predicted molar refractivity (Wildman–Crippen MR) is 66.9 cm³/mol. The van der Waals surface area contributed by atoms with Crippen LogP contribution in [0.25, 0.3) is 0 Å². The van der Waals surface area contributed by atoms with Crippen LogP contribution in [0.1, 0.15) is 18.1 Å². The number of ether oxygens (including phenoxy) is 1. The molecule has 1 unspecified atom stereocenters. The monoisotopic (exact) mass is 233 g/mol. The minimum absolute atomic E-state index is 0.0975. The van der Waals surface area contributed by atoms with Crippen LogP contribution < -0.4 is 0 Å². The average Bonchev–Trinajstić information content (AvgIpc) is 2.59. The summed E-state index contributed by atoms with van der Waals surface area (Å²) in [5, 5.41) is 0. The van der Waals surface area contributed by atoms with Gasteiger partial charge in [-0.25, -0.2) is 0 Å². The van der Waals surface area contributed by atoms with Crippen LogP contribution in [0.15, 0.2) is 24.3 Å². The summed E-state index contributed by atoms with van der Waals surface area (Å²) < 4.78 is 5.09. The molecule has 1 aromatic carbocycles. The highest BCUT2D eigenvalue weighted by Gasteiger charge is 2.22. The number of methoxy groups -OCH3 is 1. The van der Waals surface area contributed by atoms with E-state index in [1.165, 1.54) is 11.1 Å². The van der Waals surface area contributed by atoms with Gasteiger partial charge in [-0.15, -0.1) is 0 Å². The van der Waals surface area contributed by atoms with Crippen LogP contribution in [0.5, 0.6) is 0 Å². The van der Waals surface area contributed by atoms with Gasteiger partial charge in [-0.1, -0.05) is 24.3 Å². The summed E-state index contributed by atoms with van der Waals surface area (Å²) >= 11 is 0. The third-order valence-electron chi connectivity index (χ3n) is 3.43. The molecule has 1 amide bonds. The fraction of sp³-hybridized carbons (Fsp3) is 0.500. The van der Waals surface area contributed by atoms with Crippen LogP contribution in [-0.4, -0.2) is 37.1 Å². The van der Waals surface area contributed by atoms with E-state index in [9.17, 15) is 4.79 Å². The number of fused-ring (bicyclic) bond motifs is 1. The van der Waals surface area contributed by atoms with Crippen LogP contribution in [0.4, 0.5) is 0 Å². The molecule has 0 radical (unpaired) electrons. The minimum atomic E-state index is -0.337. The maximum atomic E-state index is 12.0. The first-order valence-electron chi connectivity index (χ1n) is 6.10. The number of benzene rings is 1. The second-order valence-electron chi connectivity index (χ2n) is 4.47. The number of rotatable bonds is 2. The summed E-state index contributed by atoms with van der Waals surface area (Å²) in [6.07, 6.45) is 1.55. The normalized spacial score (nSPS) is 17.2. The second-order valence-corrected chi connectivity index (χ2v) is 4.47. The number of hydrogen-bond donors (Lipinski definition) is 0. The molecule has 17 heavy (non-hydrogen) atoms. The third-order valence-corrected chi connectivity index (χ3v) is 3.43. The standard InChI is InChI=1S/C14H19NO2/c1-11(17-2)14(16)15-9-7-12-5-3-4-6-13(12)8-10-15/h3-6,11H,7-10H2,1-2H3.